The van der Waals surface area contributed by atoms with Gasteiger partial charge in [0.25, 0.3) is 0 Å². The molecule has 0 amide bonds. The van der Waals surface area contributed by atoms with Crippen LogP contribution in [-0.2, 0) is 9.53 Å². The molecule has 0 rings (SSSR count). The summed E-state index contributed by atoms with van der Waals surface area (Å²) in [7, 11) is 1.44. The summed E-state index contributed by atoms with van der Waals surface area (Å²) in [6, 6.07) is -0.165. The lowest BCUT2D eigenvalue weighted by Gasteiger charge is -2.19. The minimum Gasteiger partial charge on any atom is -0.468 e. The van der Waals surface area contributed by atoms with Gasteiger partial charge in [0.15, 0.2) is 0 Å². The maximum Gasteiger partial charge on any atom is 0.323 e. The molecule has 3 heteroatoms. The molecule has 90 valence electrons. The van der Waals surface area contributed by atoms with Crippen LogP contribution in [0.2, 0.25) is 0 Å². The van der Waals surface area contributed by atoms with Crippen LogP contribution in [0.25, 0.3) is 0 Å². The van der Waals surface area contributed by atoms with Gasteiger partial charge in [0.2, 0.25) is 0 Å². The maximum atomic E-state index is 11.4. The van der Waals surface area contributed by atoms with Gasteiger partial charge in [0, 0.05) is 0 Å². The Kier molecular flexibility index (Phi) is 7.39. The van der Waals surface area contributed by atoms with Crippen molar-refractivity contribution in [3.63, 3.8) is 0 Å². The normalized spacial score (nSPS) is 13.3. The fourth-order valence-corrected chi connectivity index (χ4v) is 1.49. The highest BCUT2D eigenvalue weighted by Crippen LogP contribution is 2.06. The van der Waals surface area contributed by atoms with Gasteiger partial charge in [-0.3, -0.25) is 4.79 Å². The van der Waals surface area contributed by atoms with Crippen molar-refractivity contribution in [2.75, 3.05) is 13.7 Å². The second-order valence-electron chi connectivity index (χ2n) is 4.74. The van der Waals surface area contributed by atoms with Gasteiger partial charge in [0.05, 0.1) is 7.11 Å². The second-order valence-corrected chi connectivity index (χ2v) is 4.74. The van der Waals surface area contributed by atoms with Crippen molar-refractivity contribution in [1.82, 2.24) is 5.32 Å². The molecular weight excluding hydrogens is 190 g/mol. The average molecular weight is 215 g/mol. The average Bonchev–Trinajstić information content (AvgIpc) is 2.15. The number of carbonyl (C=O) groups is 1. The smallest absolute Gasteiger partial charge is 0.323 e. The largest absolute Gasteiger partial charge is 0.468 e. The van der Waals surface area contributed by atoms with E-state index in [1.165, 1.54) is 13.5 Å². The molecule has 0 saturated heterocycles. The van der Waals surface area contributed by atoms with Crippen molar-refractivity contribution in [2.24, 2.45) is 11.8 Å². The Labute approximate surface area is 93.6 Å². The molecule has 3 nitrogen and oxygen atoms in total. The summed E-state index contributed by atoms with van der Waals surface area (Å²) in [6.45, 7) is 9.35. The standard InChI is InChI=1S/C12H25NO2/c1-9(2)7-6-8-13-11(10(3)4)12(14)15-5/h9-11,13H,6-8H2,1-5H3. The van der Waals surface area contributed by atoms with Crippen LogP contribution in [0.1, 0.15) is 40.5 Å². The zero-order valence-corrected chi connectivity index (χ0v) is 10.7. The summed E-state index contributed by atoms with van der Waals surface area (Å²) in [4.78, 5) is 11.4. The third kappa shape index (κ3) is 6.50. The number of nitrogens with one attached hydrogen (secondary N) is 1. The van der Waals surface area contributed by atoms with Crippen LogP contribution in [0.4, 0.5) is 0 Å². The summed E-state index contributed by atoms with van der Waals surface area (Å²) in [5, 5.41) is 3.25. The van der Waals surface area contributed by atoms with Crippen molar-refractivity contribution in [1.29, 1.82) is 0 Å². The van der Waals surface area contributed by atoms with Crippen LogP contribution in [0.3, 0.4) is 0 Å². The quantitative estimate of drug-likeness (QED) is 0.522. The molecule has 0 spiro atoms. The Morgan fingerprint density at radius 3 is 2.27 bits per heavy atom. The first-order valence-electron chi connectivity index (χ1n) is 5.80. The van der Waals surface area contributed by atoms with Gasteiger partial charge in [-0.15, -0.1) is 0 Å². The Hall–Kier alpha value is -0.570. The molecule has 0 heterocycles. The van der Waals surface area contributed by atoms with Crippen molar-refractivity contribution in [3.8, 4) is 0 Å². The number of methoxy groups -OCH3 is 1. The number of rotatable bonds is 7. The van der Waals surface area contributed by atoms with Crippen LogP contribution >= 0.6 is 0 Å². The summed E-state index contributed by atoms with van der Waals surface area (Å²) in [6.07, 6.45) is 2.30. The molecule has 0 aliphatic carbocycles. The van der Waals surface area contributed by atoms with Crippen LogP contribution in [-0.4, -0.2) is 25.7 Å². The SMILES string of the molecule is COC(=O)C(NCCCC(C)C)C(C)C. The Bertz CT molecular complexity index is 178. The van der Waals surface area contributed by atoms with Crippen LogP contribution in [0.15, 0.2) is 0 Å². The third-order valence-corrected chi connectivity index (χ3v) is 2.44. The third-order valence-electron chi connectivity index (χ3n) is 2.44. The van der Waals surface area contributed by atoms with Gasteiger partial charge in [-0.2, -0.15) is 0 Å². The lowest BCUT2D eigenvalue weighted by atomic mass is 10.0. The fraction of sp³-hybridized carbons (Fsp3) is 0.917. The van der Waals surface area contributed by atoms with Gasteiger partial charge in [-0.1, -0.05) is 27.7 Å². The topological polar surface area (TPSA) is 38.3 Å². The molecule has 1 unspecified atom stereocenters. The highest BCUT2D eigenvalue weighted by atomic mass is 16.5. The Balaban J connectivity index is 3.82. The molecule has 0 aromatic carbocycles. The molecule has 0 bridgehead atoms. The Morgan fingerprint density at radius 1 is 1.27 bits per heavy atom. The van der Waals surface area contributed by atoms with E-state index < -0.39 is 0 Å². The molecule has 0 aliphatic heterocycles. The molecule has 15 heavy (non-hydrogen) atoms. The minimum atomic E-state index is -0.165. The van der Waals surface area contributed by atoms with Crippen LogP contribution in [0, 0.1) is 11.8 Å². The highest BCUT2D eigenvalue weighted by molar-refractivity contribution is 5.75. The summed E-state index contributed by atoms with van der Waals surface area (Å²) in [5.41, 5.74) is 0. The van der Waals surface area contributed by atoms with Gasteiger partial charge in [0.1, 0.15) is 6.04 Å². The molecule has 0 radical (unpaired) electrons. The van der Waals surface area contributed by atoms with Crippen LogP contribution < -0.4 is 5.32 Å². The predicted molar refractivity (Wildman–Crippen MR) is 62.7 cm³/mol. The number of hydrogen-bond acceptors (Lipinski definition) is 3. The van der Waals surface area contributed by atoms with E-state index in [1.807, 2.05) is 13.8 Å². The fourth-order valence-electron chi connectivity index (χ4n) is 1.49. The van der Waals surface area contributed by atoms with Gasteiger partial charge >= 0.3 is 5.97 Å². The lowest BCUT2D eigenvalue weighted by molar-refractivity contribution is -0.144. The van der Waals surface area contributed by atoms with Gasteiger partial charge < -0.3 is 10.1 Å². The minimum absolute atomic E-state index is 0.158. The van der Waals surface area contributed by atoms with E-state index >= 15 is 0 Å². The van der Waals surface area contributed by atoms with Gasteiger partial charge in [-0.25, -0.2) is 0 Å². The molecule has 0 fully saturated rings. The summed E-state index contributed by atoms with van der Waals surface area (Å²) >= 11 is 0. The maximum absolute atomic E-state index is 11.4. The number of ether oxygens (including phenoxy) is 1. The lowest BCUT2D eigenvalue weighted by Crippen LogP contribution is -2.42. The highest BCUT2D eigenvalue weighted by Gasteiger charge is 2.21. The molecule has 0 saturated carbocycles. The van der Waals surface area contributed by atoms with E-state index in [-0.39, 0.29) is 17.9 Å². The van der Waals surface area contributed by atoms with E-state index in [0.29, 0.717) is 0 Å². The first-order chi connectivity index (χ1) is 6.99. The van der Waals surface area contributed by atoms with Crippen LogP contribution in [0.5, 0.6) is 0 Å². The van der Waals surface area contributed by atoms with Crippen molar-refractivity contribution in [2.45, 2.75) is 46.6 Å². The van der Waals surface area contributed by atoms with Crippen molar-refractivity contribution < 1.29 is 9.53 Å². The molecule has 0 aliphatic rings. The van der Waals surface area contributed by atoms with E-state index in [2.05, 4.69) is 19.2 Å². The molecule has 0 aromatic rings. The first kappa shape index (κ1) is 14.4. The number of carbonyl (C=O) groups excluding carboxylic acids is 1. The summed E-state index contributed by atoms with van der Waals surface area (Å²) < 4.78 is 4.75. The zero-order chi connectivity index (χ0) is 11.8. The molecule has 0 aromatic heterocycles. The van der Waals surface area contributed by atoms with Crippen molar-refractivity contribution >= 4 is 5.97 Å². The Morgan fingerprint density at radius 2 is 1.87 bits per heavy atom. The number of hydrogen-bond donors (Lipinski definition) is 1. The second kappa shape index (κ2) is 7.69. The van der Waals surface area contributed by atoms with E-state index in [4.69, 9.17) is 4.74 Å². The number of esters is 1. The van der Waals surface area contributed by atoms with E-state index in [0.717, 1.165) is 18.9 Å². The van der Waals surface area contributed by atoms with E-state index in [1.54, 1.807) is 0 Å². The molecule has 1 atom stereocenters. The monoisotopic (exact) mass is 215 g/mol. The molecular formula is C12H25NO2. The zero-order valence-electron chi connectivity index (χ0n) is 10.7. The van der Waals surface area contributed by atoms with E-state index in [9.17, 15) is 4.79 Å². The first-order valence-corrected chi connectivity index (χ1v) is 5.80. The van der Waals surface area contributed by atoms with Gasteiger partial charge in [-0.05, 0) is 31.2 Å². The molecule has 1 N–H and O–H groups in total. The van der Waals surface area contributed by atoms with Crippen molar-refractivity contribution in [3.05, 3.63) is 0 Å². The predicted octanol–water partition coefficient (Wildman–Crippen LogP) is 2.21. The summed E-state index contributed by atoms with van der Waals surface area (Å²) in [5.74, 6) is 0.841.